The maximum atomic E-state index is 4.53. The number of hydrogen-bond acceptors (Lipinski definition) is 2. The summed E-state index contributed by atoms with van der Waals surface area (Å²) in [6.07, 6.45) is 5.99. The van der Waals surface area contributed by atoms with Crippen LogP contribution < -0.4 is 0 Å². The molecule has 2 heterocycles. The number of para-hydroxylation sites is 1. The Morgan fingerprint density at radius 1 is 1.06 bits per heavy atom. The van der Waals surface area contributed by atoms with Crippen LogP contribution in [0.4, 0.5) is 0 Å². The van der Waals surface area contributed by atoms with Crippen LogP contribution in [0.15, 0.2) is 42.6 Å². The van der Waals surface area contributed by atoms with Gasteiger partial charge in [-0.3, -0.25) is 0 Å². The second kappa shape index (κ2) is 3.94. The molecule has 0 saturated heterocycles. The third-order valence-electron chi connectivity index (χ3n) is 2.34. The van der Waals surface area contributed by atoms with Crippen molar-refractivity contribution in [1.29, 1.82) is 0 Å². The van der Waals surface area contributed by atoms with Crippen LogP contribution in [0, 0.1) is 0 Å². The third-order valence-corrected chi connectivity index (χ3v) is 3.34. The highest BCUT2D eigenvalue weighted by molar-refractivity contribution is 7.19. The first-order chi connectivity index (χ1) is 7.92. The van der Waals surface area contributed by atoms with Gasteiger partial charge in [0.2, 0.25) is 0 Å². The molecule has 0 fully saturated rings. The van der Waals surface area contributed by atoms with Gasteiger partial charge in [-0.2, -0.15) is 0 Å². The van der Waals surface area contributed by atoms with E-state index in [1.807, 2.05) is 48.7 Å². The Morgan fingerprint density at radius 2 is 2.00 bits per heavy atom. The summed E-state index contributed by atoms with van der Waals surface area (Å²) >= 11 is 1.71. The second-order valence-electron chi connectivity index (χ2n) is 3.48. The normalized spacial score (nSPS) is 11.5. The maximum Gasteiger partial charge on any atom is 0.117 e. The van der Waals surface area contributed by atoms with Gasteiger partial charge in [0, 0.05) is 11.9 Å². The molecule has 1 aromatic carbocycles. The van der Waals surface area contributed by atoms with E-state index in [1.165, 1.54) is 4.70 Å². The zero-order valence-corrected chi connectivity index (χ0v) is 9.37. The first-order valence-electron chi connectivity index (χ1n) is 5.09. The summed E-state index contributed by atoms with van der Waals surface area (Å²) in [6, 6.07) is 12.2. The molecule has 2 aromatic heterocycles. The summed E-state index contributed by atoms with van der Waals surface area (Å²) in [6.45, 7) is 0. The zero-order valence-electron chi connectivity index (χ0n) is 8.55. The predicted molar refractivity (Wildman–Crippen MR) is 69.3 cm³/mol. The van der Waals surface area contributed by atoms with E-state index in [2.05, 4.69) is 16.0 Å². The molecule has 0 atom stereocenters. The number of benzene rings is 1. The SMILES string of the molecule is C(=C\c1nc2ccccc2s1)/c1ccc[nH]1. The maximum absolute atomic E-state index is 4.53. The van der Waals surface area contributed by atoms with Gasteiger partial charge in [-0.05, 0) is 36.4 Å². The van der Waals surface area contributed by atoms with Crippen LogP contribution in [0.1, 0.15) is 10.7 Å². The molecule has 78 valence electrons. The Balaban J connectivity index is 1.95. The van der Waals surface area contributed by atoms with E-state index in [4.69, 9.17) is 0 Å². The average Bonchev–Trinajstić information content (AvgIpc) is 2.95. The van der Waals surface area contributed by atoms with Crippen molar-refractivity contribution in [1.82, 2.24) is 9.97 Å². The Bertz CT molecular complexity index is 587. The number of aromatic nitrogens is 2. The van der Waals surface area contributed by atoms with Crippen molar-refractivity contribution >= 4 is 33.7 Å². The van der Waals surface area contributed by atoms with E-state index < -0.39 is 0 Å². The molecule has 0 saturated carbocycles. The molecule has 0 spiro atoms. The van der Waals surface area contributed by atoms with Gasteiger partial charge in [0.05, 0.1) is 10.2 Å². The average molecular weight is 226 g/mol. The van der Waals surface area contributed by atoms with Gasteiger partial charge in [0.1, 0.15) is 5.01 Å². The fourth-order valence-electron chi connectivity index (χ4n) is 1.57. The fourth-order valence-corrected chi connectivity index (χ4v) is 2.44. The lowest BCUT2D eigenvalue weighted by Crippen LogP contribution is -1.69. The Morgan fingerprint density at radius 3 is 2.81 bits per heavy atom. The third kappa shape index (κ3) is 1.77. The second-order valence-corrected chi connectivity index (χ2v) is 4.54. The van der Waals surface area contributed by atoms with Crippen molar-refractivity contribution in [3.05, 3.63) is 53.3 Å². The number of H-pyrrole nitrogens is 1. The Labute approximate surface area is 97.3 Å². The lowest BCUT2D eigenvalue weighted by Gasteiger charge is -1.83. The smallest absolute Gasteiger partial charge is 0.117 e. The highest BCUT2D eigenvalue weighted by Crippen LogP contribution is 2.22. The highest BCUT2D eigenvalue weighted by Gasteiger charge is 1.98. The summed E-state index contributed by atoms with van der Waals surface area (Å²) in [7, 11) is 0. The van der Waals surface area contributed by atoms with E-state index in [1.54, 1.807) is 11.3 Å². The quantitative estimate of drug-likeness (QED) is 0.707. The largest absolute Gasteiger partial charge is 0.362 e. The molecule has 0 aliphatic heterocycles. The van der Waals surface area contributed by atoms with Gasteiger partial charge < -0.3 is 4.98 Å². The molecular formula is C13H10N2S. The molecule has 1 N–H and O–H groups in total. The van der Waals surface area contributed by atoms with Crippen molar-refractivity contribution in [3.63, 3.8) is 0 Å². The topological polar surface area (TPSA) is 28.7 Å². The van der Waals surface area contributed by atoms with Crippen molar-refractivity contribution in [2.75, 3.05) is 0 Å². The van der Waals surface area contributed by atoms with Crippen LogP contribution in [0.5, 0.6) is 0 Å². The summed E-state index contributed by atoms with van der Waals surface area (Å²) < 4.78 is 1.23. The van der Waals surface area contributed by atoms with Crippen LogP contribution in [0.2, 0.25) is 0 Å². The number of nitrogens with zero attached hydrogens (tertiary/aromatic N) is 1. The van der Waals surface area contributed by atoms with Crippen molar-refractivity contribution in [3.8, 4) is 0 Å². The van der Waals surface area contributed by atoms with Crippen molar-refractivity contribution in [2.45, 2.75) is 0 Å². The van der Waals surface area contributed by atoms with Crippen LogP contribution in [-0.2, 0) is 0 Å². The van der Waals surface area contributed by atoms with Crippen LogP contribution in [-0.4, -0.2) is 9.97 Å². The minimum absolute atomic E-state index is 1.04. The zero-order chi connectivity index (χ0) is 10.8. The van der Waals surface area contributed by atoms with Gasteiger partial charge in [-0.1, -0.05) is 12.1 Å². The summed E-state index contributed by atoms with van der Waals surface area (Å²) in [5, 5.41) is 1.04. The molecule has 0 aliphatic rings. The van der Waals surface area contributed by atoms with E-state index in [9.17, 15) is 0 Å². The summed E-state index contributed by atoms with van der Waals surface area (Å²) in [5.74, 6) is 0. The molecule has 3 heteroatoms. The lowest BCUT2D eigenvalue weighted by molar-refractivity contribution is 1.38. The first-order valence-corrected chi connectivity index (χ1v) is 5.90. The summed E-state index contributed by atoms with van der Waals surface area (Å²) in [4.78, 5) is 7.66. The number of thiazole rings is 1. The van der Waals surface area contributed by atoms with E-state index in [0.29, 0.717) is 0 Å². The molecular weight excluding hydrogens is 216 g/mol. The van der Waals surface area contributed by atoms with Crippen LogP contribution in [0.25, 0.3) is 22.4 Å². The molecule has 3 rings (SSSR count). The number of nitrogens with one attached hydrogen (secondary N) is 1. The van der Waals surface area contributed by atoms with Gasteiger partial charge in [0.15, 0.2) is 0 Å². The molecule has 16 heavy (non-hydrogen) atoms. The number of hydrogen-bond donors (Lipinski definition) is 1. The van der Waals surface area contributed by atoms with E-state index in [-0.39, 0.29) is 0 Å². The van der Waals surface area contributed by atoms with Gasteiger partial charge in [-0.15, -0.1) is 11.3 Å². The number of aromatic amines is 1. The lowest BCUT2D eigenvalue weighted by atomic mass is 10.3. The van der Waals surface area contributed by atoms with E-state index >= 15 is 0 Å². The monoisotopic (exact) mass is 226 g/mol. The molecule has 0 unspecified atom stereocenters. The summed E-state index contributed by atoms with van der Waals surface area (Å²) in [5.41, 5.74) is 2.16. The fraction of sp³-hybridized carbons (Fsp3) is 0. The molecule has 3 aromatic rings. The Hall–Kier alpha value is -1.87. The van der Waals surface area contributed by atoms with Gasteiger partial charge in [-0.25, -0.2) is 4.98 Å². The molecule has 0 aliphatic carbocycles. The molecule has 0 radical (unpaired) electrons. The number of rotatable bonds is 2. The van der Waals surface area contributed by atoms with Gasteiger partial charge >= 0.3 is 0 Å². The van der Waals surface area contributed by atoms with Crippen LogP contribution >= 0.6 is 11.3 Å². The van der Waals surface area contributed by atoms with Crippen molar-refractivity contribution in [2.24, 2.45) is 0 Å². The molecule has 2 nitrogen and oxygen atoms in total. The minimum atomic E-state index is 1.04. The predicted octanol–water partition coefficient (Wildman–Crippen LogP) is 3.79. The first kappa shape index (κ1) is 9.36. The standard InChI is InChI=1S/C13H10N2S/c1-2-6-12-11(5-1)15-13(16-12)8-7-10-4-3-9-14-10/h1-9,14H/b8-7+. The van der Waals surface area contributed by atoms with Crippen LogP contribution in [0.3, 0.4) is 0 Å². The van der Waals surface area contributed by atoms with Gasteiger partial charge in [0.25, 0.3) is 0 Å². The molecule has 0 amide bonds. The Kier molecular flexibility index (Phi) is 2.31. The molecule has 0 bridgehead atoms. The number of fused-ring (bicyclic) bond motifs is 1. The highest BCUT2D eigenvalue weighted by atomic mass is 32.1. The van der Waals surface area contributed by atoms with E-state index in [0.717, 1.165) is 16.2 Å². The minimum Gasteiger partial charge on any atom is -0.362 e. The van der Waals surface area contributed by atoms with Crippen molar-refractivity contribution < 1.29 is 0 Å².